The second-order valence-electron chi connectivity index (χ2n) is 3.68. The first kappa shape index (κ1) is 38.0. The molecule has 0 N–H and O–H groups in total. The average molecular weight is 329 g/mol. The van der Waals surface area contributed by atoms with Gasteiger partial charge in [-0.05, 0) is 36.5 Å². The van der Waals surface area contributed by atoms with Crippen molar-refractivity contribution in [2.75, 3.05) is 0 Å². The normalized spacial score (nSPS) is 6.65. The van der Waals surface area contributed by atoms with Crippen LogP contribution in [-0.4, -0.2) is 0 Å². The molecular formula is C23H52. The van der Waals surface area contributed by atoms with Gasteiger partial charge in [0.15, 0.2) is 0 Å². The van der Waals surface area contributed by atoms with E-state index >= 15 is 0 Å². The smallest absolute Gasteiger partial charge is 0.0305 e. The monoisotopic (exact) mass is 328 g/mol. The van der Waals surface area contributed by atoms with Crippen molar-refractivity contribution in [2.24, 2.45) is 0 Å². The maximum Gasteiger partial charge on any atom is -0.0305 e. The fourth-order valence-electron chi connectivity index (χ4n) is 1.33. The second kappa shape index (κ2) is 42.9. The van der Waals surface area contributed by atoms with Gasteiger partial charge in [-0.3, -0.25) is 0 Å². The van der Waals surface area contributed by atoms with E-state index in [0.717, 1.165) is 12.8 Å². The Kier molecular flexibility index (Phi) is 70.9. The molecule has 0 aliphatic rings. The van der Waals surface area contributed by atoms with E-state index in [1.165, 1.54) is 23.1 Å². The van der Waals surface area contributed by atoms with Crippen LogP contribution in [-0.2, 0) is 12.8 Å². The van der Waals surface area contributed by atoms with Crippen LogP contribution in [0, 0.1) is 6.92 Å². The zero-order valence-corrected chi connectivity index (χ0v) is 18.4. The van der Waals surface area contributed by atoms with E-state index in [9.17, 15) is 0 Å². The SMILES string of the molecule is C.CC.CC.CC.CC.CCC.CCc1ccc(C)c(CC)c1. The molecule has 0 atom stereocenters. The second-order valence-corrected chi connectivity index (χ2v) is 3.68. The van der Waals surface area contributed by atoms with E-state index < -0.39 is 0 Å². The number of hydrogen-bond acceptors (Lipinski definition) is 0. The molecule has 0 saturated heterocycles. The number of rotatable bonds is 2. The van der Waals surface area contributed by atoms with Crippen molar-refractivity contribution in [3.63, 3.8) is 0 Å². The maximum absolute atomic E-state index is 2.31. The summed E-state index contributed by atoms with van der Waals surface area (Å²) in [6.07, 6.45) is 3.55. The standard InChI is InChI=1S/C11H16.C3H8.4C2H6.CH4/c1-4-10-7-6-9(3)11(5-2)8-10;1-3-2;4*1-2;/h6-8H,4-5H2,1-3H3;3H2,1-2H3;4*1-2H3;1H4. The molecular weight excluding hydrogens is 276 g/mol. The Balaban J connectivity index is -0.0000000513. The predicted octanol–water partition coefficient (Wildman–Crippen LogP) is 9.28. The van der Waals surface area contributed by atoms with Gasteiger partial charge < -0.3 is 0 Å². The van der Waals surface area contributed by atoms with Gasteiger partial charge in [-0.25, -0.2) is 0 Å². The number of hydrogen-bond donors (Lipinski definition) is 0. The number of benzene rings is 1. The highest BCUT2D eigenvalue weighted by atomic mass is 14.0. The summed E-state index contributed by atoms with van der Waals surface area (Å²) in [5, 5.41) is 0. The van der Waals surface area contributed by atoms with E-state index in [1.54, 1.807) is 0 Å². The van der Waals surface area contributed by atoms with Crippen LogP contribution in [0.4, 0.5) is 0 Å². The summed E-state index contributed by atoms with van der Waals surface area (Å²) in [7, 11) is 0. The van der Waals surface area contributed by atoms with E-state index in [4.69, 9.17) is 0 Å². The minimum atomic E-state index is 0. The molecule has 0 bridgehead atoms. The van der Waals surface area contributed by atoms with Crippen LogP contribution in [0.25, 0.3) is 0 Å². The average Bonchev–Trinajstić information content (AvgIpc) is 2.63. The van der Waals surface area contributed by atoms with Crippen LogP contribution < -0.4 is 0 Å². The third kappa shape index (κ3) is 29.8. The first-order valence-electron chi connectivity index (χ1n) is 9.77. The Hall–Kier alpha value is -0.780. The third-order valence-electron chi connectivity index (χ3n) is 2.20. The van der Waals surface area contributed by atoms with Crippen molar-refractivity contribution in [3.8, 4) is 0 Å². The molecule has 23 heavy (non-hydrogen) atoms. The largest absolute Gasteiger partial charge is 0.0776 e. The molecule has 0 aliphatic heterocycles. The van der Waals surface area contributed by atoms with Gasteiger partial charge in [-0.2, -0.15) is 0 Å². The van der Waals surface area contributed by atoms with Gasteiger partial charge in [0.05, 0.1) is 0 Å². The molecule has 1 aromatic rings. The van der Waals surface area contributed by atoms with Crippen molar-refractivity contribution >= 4 is 0 Å². The minimum Gasteiger partial charge on any atom is -0.0776 e. The molecule has 144 valence electrons. The van der Waals surface area contributed by atoms with Crippen molar-refractivity contribution in [1.29, 1.82) is 0 Å². The summed E-state index contributed by atoms with van der Waals surface area (Å²) in [5.41, 5.74) is 4.36. The molecule has 0 amide bonds. The molecule has 0 aromatic heterocycles. The summed E-state index contributed by atoms with van der Waals surface area (Å²) in [5.74, 6) is 0. The van der Waals surface area contributed by atoms with Crippen molar-refractivity contribution in [1.82, 2.24) is 0 Å². The van der Waals surface area contributed by atoms with Crippen molar-refractivity contribution in [3.05, 3.63) is 34.9 Å². The molecule has 0 heteroatoms. The van der Waals surface area contributed by atoms with Gasteiger partial charge >= 0.3 is 0 Å². The van der Waals surface area contributed by atoms with E-state index in [-0.39, 0.29) is 7.43 Å². The number of aryl methyl sites for hydroxylation is 3. The highest BCUT2D eigenvalue weighted by Crippen LogP contribution is 2.11. The van der Waals surface area contributed by atoms with Crippen LogP contribution in [0.15, 0.2) is 18.2 Å². The fraction of sp³-hybridized carbons (Fsp3) is 0.739. The van der Waals surface area contributed by atoms with Gasteiger partial charge in [-0.15, -0.1) is 0 Å². The summed E-state index contributed by atoms with van der Waals surface area (Å²) >= 11 is 0. The molecule has 0 radical (unpaired) electrons. The lowest BCUT2D eigenvalue weighted by molar-refractivity contribution is 1.07. The van der Waals surface area contributed by atoms with Crippen LogP contribution in [0.2, 0.25) is 0 Å². The Labute approximate surface area is 152 Å². The summed E-state index contributed by atoms with van der Waals surface area (Å²) < 4.78 is 0. The van der Waals surface area contributed by atoms with Gasteiger partial charge in [0.1, 0.15) is 0 Å². The summed E-state index contributed by atoms with van der Waals surface area (Å²) in [6.45, 7) is 26.8. The summed E-state index contributed by atoms with van der Waals surface area (Å²) in [4.78, 5) is 0. The highest BCUT2D eigenvalue weighted by Gasteiger charge is 1.95. The predicted molar refractivity (Wildman–Crippen MR) is 118 cm³/mol. The van der Waals surface area contributed by atoms with E-state index in [2.05, 4.69) is 52.8 Å². The summed E-state index contributed by atoms with van der Waals surface area (Å²) in [6, 6.07) is 6.75. The first-order valence-corrected chi connectivity index (χ1v) is 9.77. The first-order chi connectivity index (χ1) is 10.7. The third-order valence-corrected chi connectivity index (χ3v) is 2.20. The van der Waals surface area contributed by atoms with Crippen LogP contribution in [0.3, 0.4) is 0 Å². The lowest BCUT2D eigenvalue weighted by atomic mass is 10.0. The lowest BCUT2D eigenvalue weighted by Crippen LogP contribution is -1.88. The molecule has 0 fully saturated rings. The van der Waals surface area contributed by atoms with E-state index in [0.29, 0.717) is 0 Å². The van der Waals surface area contributed by atoms with Crippen LogP contribution in [0.5, 0.6) is 0 Å². The van der Waals surface area contributed by atoms with Gasteiger partial charge in [0.2, 0.25) is 0 Å². The van der Waals surface area contributed by atoms with Gasteiger partial charge in [0.25, 0.3) is 0 Å². The molecule has 0 nitrogen and oxygen atoms in total. The van der Waals surface area contributed by atoms with Crippen LogP contribution in [0.1, 0.15) is 114 Å². The Bertz CT molecular complexity index is 248. The molecule has 1 aromatic carbocycles. The van der Waals surface area contributed by atoms with Crippen molar-refractivity contribution < 1.29 is 0 Å². The van der Waals surface area contributed by atoms with Crippen molar-refractivity contribution in [2.45, 2.75) is 117 Å². The topological polar surface area (TPSA) is 0 Å². The fourth-order valence-corrected chi connectivity index (χ4v) is 1.33. The molecule has 0 heterocycles. The lowest BCUT2D eigenvalue weighted by Gasteiger charge is -2.04. The zero-order valence-electron chi connectivity index (χ0n) is 18.4. The van der Waals surface area contributed by atoms with Gasteiger partial charge in [0, 0.05) is 0 Å². The maximum atomic E-state index is 2.31. The Morgan fingerprint density at radius 3 is 1.26 bits per heavy atom. The highest BCUT2D eigenvalue weighted by molar-refractivity contribution is 5.30. The van der Waals surface area contributed by atoms with E-state index in [1.807, 2.05) is 55.4 Å². The molecule has 0 saturated carbocycles. The molecule has 1 rings (SSSR count). The Morgan fingerprint density at radius 1 is 0.652 bits per heavy atom. The van der Waals surface area contributed by atoms with Crippen LogP contribution >= 0.6 is 0 Å². The molecule has 0 aliphatic carbocycles. The Morgan fingerprint density at radius 2 is 1.00 bits per heavy atom. The quantitative estimate of drug-likeness (QED) is 0.507. The molecule has 0 unspecified atom stereocenters. The molecule has 0 spiro atoms. The zero-order chi connectivity index (χ0) is 19.0. The minimum absolute atomic E-state index is 0. The van der Waals surface area contributed by atoms with Gasteiger partial charge in [-0.1, -0.05) is 115 Å².